The van der Waals surface area contributed by atoms with Gasteiger partial charge in [-0.2, -0.15) is 0 Å². The largest absolute Gasteiger partial charge is 0.475 e. The Labute approximate surface area is 170 Å². The molecule has 0 atom stereocenters. The number of benzene rings is 1. The molecule has 1 N–H and O–H groups in total. The number of hydrogen-bond donors (Lipinski definition) is 1. The fourth-order valence-corrected chi connectivity index (χ4v) is 5.18. The lowest BCUT2D eigenvalue weighted by atomic mass is 9.97. The quantitative estimate of drug-likeness (QED) is 0.545. The minimum atomic E-state index is -1.13. The summed E-state index contributed by atoms with van der Waals surface area (Å²) < 4.78 is 7.02. The van der Waals surface area contributed by atoms with Crippen LogP contribution in [0.2, 0.25) is 0 Å². The second-order valence-corrected chi connectivity index (χ2v) is 8.24. The number of aromatic nitrogens is 2. The molecule has 3 heterocycles. The fraction of sp³-hybridized carbons (Fsp3) is 0.227. The molecule has 0 amide bonds. The molecule has 0 bridgehead atoms. The van der Waals surface area contributed by atoms with Crippen LogP contribution in [0.4, 0.5) is 0 Å². The molecule has 3 aromatic heterocycles. The minimum absolute atomic E-state index is 0.0958. The third-order valence-corrected chi connectivity index (χ3v) is 6.48. The van der Waals surface area contributed by atoms with Gasteiger partial charge in [0.15, 0.2) is 0 Å². The Morgan fingerprint density at radius 1 is 1.14 bits per heavy atom. The van der Waals surface area contributed by atoms with Crippen LogP contribution in [0, 0.1) is 0 Å². The summed E-state index contributed by atoms with van der Waals surface area (Å²) in [6, 6.07) is 12.6. The molecule has 146 valence electrons. The van der Waals surface area contributed by atoms with Crippen molar-refractivity contribution in [2.45, 2.75) is 32.2 Å². The van der Waals surface area contributed by atoms with Gasteiger partial charge in [0.2, 0.25) is 5.76 Å². The second kappa shape index (κ2) is 7.00. The minimum Gasteiger partial charge on any atom is -0.475 e. The summed E-state index contributed by atoms with van der Waals surface area (Å²) in [5.41, 5.74) is 1.87. The van der Waals surface area contributed by atoms with Crippen molar-refractivity contribution in [3.05, 3.63) is 74.8 Å². The second-order valence-electron chi connectivity index (χ2n) is 7.15. The monoisotopic (exact) mass is 406 g/mol. The van der Waals surface area contributed by atoms with Gasteiger partial charge in [-0.15, -0.1) is 11.3 Å². The Balaban J connectivity index is 1.73. The number of carboxylic acids is 1. The van der Waals surface area contributed by atoms with Crippen LogP contribution in [-0.2, 0) is 19.4 Å². The zero-order valence-electron chi connectivity index (χ0n) is 15.6. The summed E-state index contributed by atoms with van der Waals surface area (Å²) in [5, 5.41) is 9.83. The number of fused-ring (bicyclic) bond motifs is 3. The first-order valence-electron chi connectivity index (χ1n) is 9.54. The molecule has 1 aliphatic rings. The van der Waals surface area contributed by atoms with Crippen molar-refractivity contribution in [3.8, 4) is 11.4 Å². The van der Waals surface area contributed by atoms with Gasteiger partial charge in [-0.1, -0.05) is 30.3 Å². The zero-order valence-corrected chi connectivity index (χ0v) is 16.4. The maximum atomic E-state index is 13.6. The summed E-state index contributed by atoms with van der Waals surface area (Å²) in [5.74, 6) is -0.300. The average molecular weight is 406 g/mol. The van der Waals surface area contributed by atoms with Crippen LogP contribution >= 0.6 is 11.3 Å². The van der Waals surface area contributed by atoms with Crippen LogP contribution in [-0.4, -0.2) is 20.6 Å². The molecule has 7 heteroatoms. The number of aromatic carboxylic acids is 1. The number of nitrogens with zero attached hydrogens (tertiary/aromatic N) is 2. The van der Waals surface area contributed by atoms with E-state index in [1.165, 1.54) is 10.9 Å². The molecule has 0 saturated heterocycles. The van der Waals surface area contributed by atoms with Crippen LogP contribution in [0.3, 0.4) is 0 Å². The molecule has 1 aromatic carbocycles. The molecule has 0 fully saturated rings. The van der Waals surface area contributed by atoms with Crippen LogP contribution in [0.1, 0.15) is 39.6 Å². The van der Waals surface area contributed by atoms with E-state index in [-0.39, 0.29) is 17.9 Å². The summed E-state index contributed by atoms with van der Waals surface area (Å²) in [6.07, 6.45) is 4.13. The first kappa shape index (κ1) is 17.9. The normalized spacial score (nSPS) is 13.5. The Morgan fingerprint density at radius 3 is 2.69 bits per heavy atom. The summed E-state index contributed by atoms with van der Waals surface area (Å²) in [4.78, 5) is 31.6. The highest BCUT2D eigenvalue weighted by Gasteiger charge is 2.23. The molecule has 29 heavy (non-hydrogen) atoms. The maximum absolute atomic E-state index is 13.6. The molecule has 1 aliphatic carbocycles. The molecule has 0 spiro atoms. The molecule has 6 nitrogen and oxygen atoms in total. The number of aryl methyl sites for hydroxylation is 2. The highest BCUT2D eigenvalue weighted by molar-refractivity contribution is 7.18. The van der Waals surface area contributed by atoms with Gasteiger partial charge in [-0.3, -0.25) is 9.36 Å². The van der Waals surface area contributed by atoms with Gasteiger partial charge in [0.1, 0.15) is 16.4 Å². The van der Waals surface area contributed by atoms with Gasteiger partial charge < -0.3 is 9.52 Å². The molecular formula is C22H18N2O4S. The predicted molar refractivity (Wildman–Crippen MR) is 111 cm³/mol. The molecule has 0 radical (unpaired) electrons. The Hall–Kier alpha value is -3.19. The number of thiophene rings is 1. The molecule has 0 aliphatic heterocycles. The zero-order chi connectivity index (χ0) is 20.0. The van der Waals surface area contributed by atoms with Gasteiger partial charge in [-0.05, 0) is 43.4 Å². The van der Waals surface area contributed by atoms with Crippen molar-refractivity contribution in [2.75, 3.05) is 0 Å². The summed E-state index contributed by atoms with van der Waals surface area (Å²) in [6.45, 7) is 0.129. The van der Waals surface area contributed by atoms with Gasteiger partial charge in [0.25, 0.3) is 5.56 Å². The summed E-state index contributed by atoms with van der Waals surface area (Å²) >= 11 is 1.62. The Bertz CT molecular complexity index is 1280. The molecule has 4 aromatic rings. The van der Waals surface area contributed by atoms with E-state index in [1.54, 1.807) is 22.0 Å². The van der Waals surface area contributed by atoms with Gasteiger partial charge in [0.05, 0.1) is 11.9 Å². The Kier molecular flexibility index (Phi) is 4.32. The van der Waals surface area contributed by atoms with E-state index in [4.69, 9.17) is 14.5 Å². The fourth-order valence-electron chi connectivity index (χ4n) is 3.93. The van der Waals surface area contributed by atoms with E-state index < -0.39 is 5.97 Å². The lowest BCUT2D eigenvalue weighted by Gasteiger charge is -2.13. The lowest BCUT2D eigenvalue weighted by molar-refractivity contribution is 0.0660. The summed E-state index contributed by atoms with van der Waals surface area (Å²) in [7, 11) is 0. The van der Waals surface area contributed by atoms with E-state index in [0.717, 1.165) is 41.6 Å². The third kappa shape index (κ3) is 3.07. The van der Waals surface area contributed by atoms with Crippen LogP contribution < -0.4 is 5.56 Å². The predicted octanol–water partition coefficient (Wildman–Crippen LogP) is 4.34. The number of carbonyl (C=O) groups is 1. The van der Waals surface area contributed by atoms with Gasteiger partial charge in [0, 0.05) is 10.4 Å². The number of furan rings is 1. The van der Waals surface area contributed by atoms with Crippen molar-refractivity contribution in [3.63, 3.8) is 0 Å². The molecule has 0 unspecified atom stereocenters. The van der Waals surface area contributed by atoms with Crippen LogP contribution in [0.15, 0.2) is 51.7 Å². The first-order chi connectivity index (χ1) is 14.1. The standard InChI is InChI=1S/C22H18N2O4S/c25-21-18-15-8-4-5-9-17(15)29-20(18)23-19(13-6-2-1-3-7-13)24(21)12-14-10-11-16(28-14)22(26)27/h1-3,6-7,10-11H,4-5,8-9,12H2,(H,26,27). The van der Waals surface area contributed by atoms with E-state index in [2.05, 4.69) is 0 Å². The van der Waals surface area contributed by atoms with E-state index in [1.807, 2.05) is 30.3 Å². The first-order valence-corrected chi connectivity index (χ1v) is 10.4. The number of rotatable bonds is 4. The third-order valence-electron chi connectivity index (χ3n) is 5.29. The van der Waals surface area contributed by atoms with Crippen molar-refractivity contribution in [1.29, 1.82) is 0 Å². The SMILES string of the molecule is O=C(O)c1ccc(Cn2c(-c3ccccc3)nc3sc4c(c3c2=O)CCCC4)o1. The van der Waals surface area contributed by atoms with Gasteiger partial charge in [-0.25, -0.2) is 9.78 Å². The number of carboxylic acid groups (broad SMARTS) is 1. The smallest absolute Gasteiger partial charge is 0.371 e. The number of hydrogen-bond acceptors (Lipinski definition) is 5. The molecular weight excluding hydrogens is 388 g/mol. The highest BCUT2D eigenvalue weighted by Crippen LogP contribution is 2.35. The van der Waals surface area contributed by atoms with E-state index in [0.29, 0.717) is 17.0 Å². The van der Waals surface area contributed by atoms with Crippen LogP contribution in [0.5, 0.6) is 0 Å². The lowest BCUT2D eigenvalue weighted by Crippen LogP contribution is -2.24. The van der Waals surface area contributed by atoms with Crippen molar-refractivity contribution in [2.24, 2.45) is 0 Å². The highest BCUT2D eigenvalue weighted by atomic mass is 32.1. The molecule has 0 saturated carbocycles. The topological polar surface area (TPSA) is 85.3 Å². The average Bonchev–Trinajstić information content (AvgIpc) is 3.35. The Morgan fingerprint density at radius 2 is 1.93 bits per heavy atom. The van der Waals surface area contributed by atoms with Crippen molar-refractivity contribution >= 4 is 27.5 Å². The van der Waals surface area contributed by atoms with E-state index >= 15 is 0 Å². The van der Waals surface area contributed by atoms with Crippen molar-refractivity contribution in [1.82, 2.24) is 9.55 Å². The van der Waals surface area contributed by atoms with Crippen LogP contribution in [0.25, 0.3) is 21.6 Å². The van der Waals surface area contributed by atoms with Gasteiger partial charge >= 0.3 is 5.97 Å². The van der Waals surface area contributed by atoms with E-state index in [9.17, 15) is 9.59 Å². The maximum Gasteiger partial charge on any atom is 0.371 e. The van der Waals surface area contributed by atoms with Crippen molar-refractivity contribution < 1.29 is 14.3 Å². The molecule has 5 rings (SSSR count).